The lowest BCUT2D eigenvalue weighted by Crippen LogP contribution is -2.59. The van der Waals surface area contributed by atoms with Crippen molar-refractivity contribution in [1.82, 2.24) is 15.4 Å². The number of hydrogen-bond acceptors (Lipinski definition) is 6. The van der Waals surface area contributed by atoms with E-state index in [4.69, 9.17) is 4.52 Å². The van der Waals surface area contributed by atoms with Crippen LogP contribution in [0.3, 0.4) is 0 Å². The lowest BCUT2D eigenvalue weighted by Gasteiger charge is -2.36. The second-order valence-electron chi connectivity index (χ2n) is 6.48. The van der Waals surface area contributed by atoms with Crippen molar-refractivity contribution in [3.05, 3.63) is 17.5 Å². The first-order valence-corrected chi connectivity index (χ1v) is 9.38. The zero-order valence-electron chi connectivity index (χ0n) is 12.8. The number of nitrogens with one attached hydrogen (secondary N) is 1. The molecule has 1 amide bonds. The predicted molar refractivity (Wildman–Crippen MR) is 80.3 cm³/mol. The minimum Gasteiger partial charge on any atom is -0.351 e. The van der Waals surface area contributed by atoms with Crippen LogP contribution in [-0.4, -0.2) is 61.1 Å². The van der Waals surface area contributed by atoms with Gasteiger partial charge >= 0.3 is 0 Å². The van der Waals surface area contributed by atoms with Crippen LogP contribution in [0.2, 0.25) is 0 Å². The molecule has 0 unspecified atom stereocenters. The van der Waals surface area contributed by atoms with E-state index in [1.807, 2.05) is 0 Å². The van der Waals surface area contributed by atoms with Gasteiger partial charge in [-0.3, -0.25) is 4.79 Å². The van der Waals surface area contributed by atoms with Crippen LogP contribution in [0, 0.1) is 5.92 Å². The molecule has 22 heavy (non-hydrogen) atoms. The first kappa shape index (κ1) is 15.5. The fourth-order valence-electron chi connectivity index (χ4n) is 3.19. The average molecular weight is 327 g/mol. The number of amides is 1. The van der Waals surface area contributed by atoms with Crippen LogP contribution in [0.5, 0.6) is 0 Å². The Labute approximate surface area is 129 Å². The van der Waals surface area contributed by atoms with Crippen molar-refractivity contribution in [2.45, 2.75) is 32.4 Å². The summed E-state index contributed by atoms with van der Waals surface area (Å²) in [4.78, 5) is 14.2. The Morgan fingerprint density at radius 1 is 1.50 bits per heavy atom. The molecule has 0 bridgehead atoms. The smallest absolute Gasteiger partial charge is 0.292 e. The number of carbonyl (C=O) groups is 1. The van der Waals surface area contributed by atoms with Crippen molar-refractivity contribution in [2.24, 2.45) is 5.92 Å². The van der Waals surface area contributed by atoms with E-state index in [0.29, 0.717) is 19.0 Å². The van der Waals surface area contributed by atoms with E-state index < -0.39 is 9.84 Å². The summed E-state index contributed by atoms with van der Waals surface area (Å²) in [6, 6.07) is 1.17. The minimum absolute atomic E-state index is 0.0173. The van der Waals surface area contributed by atoms with Gasteiger partial charge in [-0.25, -0.2) is 8.42 Å². The highest BCUT2D eigenvalue weighted by Crippen LogP contribution is 2.23. The van der Waals surface area contributed by atoms with E-state index in [1.54, 1.807) is 11.0 Å². The zero-order chi connectivity index (χ0) is 15.9. The van der Waals surface area contributed by atoms with Crippen LogP contribution in [0.1, 0.15) is 30.1 Å². The Balaban J connectivity index is 1.78. The maximum atomic E-state index is 12.6. The molecule has 0 aromatic carbocycles. The van der Waals surface area contributed by atoms with Gasteiger partial charge in [0.1, 0.15) is 0 Å². The molecule has 0 spiro atoms. The van der Waals surface area contributed by atoms with Crippen molar-refractivity contribution in [2.75, 3.05) is 24.6 Å². The number of hydrogen-bond donors (Lipinski definition) is 1. The molecule has 8 heteroatoms. The summed E-state index contributed by atoms with van der Waals surface area (Å²) >= 11 is 0. The van der Waals surface area contributed by atoms with E-state index in [9.17, 15) is 13.2 Å². The predicted octanol–water partition coefficient (Wildman–Crippen LogP) is 0.0841. The fraction of sp³-hybridized carbons (Fsp3) is 0.714. The number of rotatable bonds is 3. The van der Waals surface area contributed by atoms with Gasteiger partial charge in [0.15, 0.2) is 9.84 Å². The molecule has 2 aliphatic rings. The molecule has 2 atom stereocenters. The normalized spacial score (nSPS) is 27.1. The van der Waals surface area contributed by atoms with Gasteiger partial charge in [-0.1, -0.05) is 19.0 Å². The Bertz CT molecular complexity index is 667. The topological polar surface area (TPSA) is 92.5 Å². The van der Waals surface area contributed by atoms with E-state index in [0.717, 1.165) is 12.1 Å². The van der Waals surface area contributed by atoms with Crippen molar-refractivity contribution < 1.29 is 17.7 Å². The molecular formula is C14H21N3O4S. The third-order valence-electron chi connectivity index (χ3n) is 4.13. The van der Waals surface area contributed by atoms with E-state index in [-0.39, 0.29) is 35.3 Å². The van der Waals surface area contributed by atoms with Crippen LogP contribution >= 0.6 is 0 Å². The molecule has 0 radical (unpaired) electrons. The third kappa shape index (κ3) is 3.03. The lowest BCUT2D eigenvalue weighted by molar-refractivity contribution is 0.0579. The molecule has 3 rings (SSSR count). The van der Waals surface area contributed by atoms with Crippen molar-refractivity contribution >= 4 is 15.7 Å². The van der Waals surface area contributed by atoms with Gasteiger partial charge in [-0.05, 0) is 12.3 Å². The summed E-state index contributed by atoms with van der Waals surface area (Å²) in [5.41, 5.74) is 0.754. The van der Waals surface area contributed by atoms with Crippen LogP contribution in [0.25, 0.3) is 0 Å². The van der Waals surface area contributed by atoms with Crippen LogP contribution in [0.4, 0.5) is 0 Å². The number of piperazine rings is 1. The van der Waals surface area contributed by atoms with Gasteiger partial charge in [-0.15, -0.1) is 0 Å². The first-order chi connectivity index (χ1) is 10.4. The highest BCUT2D eigenvalue weighted by Gasteiger charge is 2.45. The molecule has 1 N–H and O–H groups in total. The number of sulfone groups is 1. The molecule has 0 saturated carbocycles. The molecule has 2 fully saturated rings. The number of aromatic nitrogens is 1. The van der Waals surface area contributed by atoms with E-state index >= 15 is 0 Å². The van der Waals surface area contributed by atoms with Crippen molar-refractivity contribution in [3.63, 3.8) is 0 Å². The highest BCUT2D eigenvalue weighted by molar-refractivity contribution is 7.91. The van der Waals surface area contributed by atoms with E-state index in [2.05, 4.69) is 24.3 Å². The summed E-state index contributed by atoms with van der Waals surface area (Å²) in [6.07, 6.45) is 0.749. The maximum absolute atomic E-state index is 12.6. The van der Waals surface area contributed by atoms with E-state index in [1.165, 1.54) is 0 Å². The summed E-state index contributed by atoms with van der Waals surface area (Å²) in [6.45, 7) is 5.21. The van der Waals surface area contributed by atoms with Crippen molar-refractivity contribution in [1.29, 1.82) is 0 Å². The molecule has 0 aliphatic carbocycles. The summed E-state index contributed by atoms with van der Waals surface area (Å²) in [5.74, 6) is 0.466. The summed E-state index contributed by atoms with van der Waals surface area (Å²) in [5, 5.41) is 7.11. The Morgan fingerprint density at radius 2 is 2.27 bits per heavy atom. The molecule has 122 valence electrons. The average Bonchev–Trinajstić information content (AvgIpc) is 2.98. The van der Waals surface area contributed by atoms with Gasteiger partial charge in [0.2, 0.25) is 5.76 Å². The van der Waals surface area contributed by atoms with Gasteiger partial charge in [0, 0.05) is 25.2 Å². The summed E-state index contributed by atoms with van der Waals surface area (Å²) < 4.78 is 28.8. The minimum atomic E-state index is -3.09. The first-order valence-electron chi connectivity index (χ1n) is 7.56. The Kier molecular flexibility index (Phi) is 3.98. The zero-order valence-corrected chi connectivity index (χ0v) is 13.6. The van der Waals surface area contributed by atoms with Crippen LogP contribution in [0.15, 0.2) is 10.6 Å². The molecule has 1 aromatic heterocycles. The standard InChI is InChI=1S/C14H21N3O4S/c1-9(2)5-10-6-13(21-16-10)14(18)17-4-3-15-11-7-22(19,20)8-12(11)17/h6,9,11-12,15H,3-5,7-8H2,1-2H3/t11-,12+/m1/s1. The van der Waals surface area contributed by atoms with Gasteiger partial charge in [-0.2, -0.15) is 0 Å². The maximum Gasteiger partial charge on any atom is 0.292 e. The van der Waals surface area contributed by atoms with Gasteiger partial charge in [0.05, 0.1) is 23.2 Å². The SMILES string of the molecule is CC(C)Cc1cc(C(=O)N2CCN[C@@H]3CS(=O)(=O)C[C@@H]32)on1. The molecular weight excluding hydrogens is 306 g/mol. The Hall–Kier alpha value is -1.41. The fourth-order valence-corrected chi connectivity index (χ4v) is 5.14. The molecule has 2 aliphatic heterocycles. The van der Waals surface area contributed by atoms with Crippen LogP contribution < -0.4 is 5.32 Å². The molecule has 2 saturated heterocycles. The second kappa shape index (κ2) is 5.66. The number of carbonyl (C=O) groups excluding carboxylic acids is 1. The second-order valence-corrected chi connectivity index (χ2v) is 8.64. The third-order valence-corrected chi connectivity index (χ3v) is 5.85. The van der Waals surface area contributed by atoms with Crippen LogP contribution in [-0.2, 0) is 16.3 Å². The van der Waals surface area contributed by atoms with Crippen molar-refractivity contribution in [3.8, 4) is 0 Å². The highest BCUT2D eigenvalue weighted by atomic mass is 32.2. The largest absolute Gasteiger partial charge is 0.351 e. The molecule has 3 heterocycles. The molecule has 1 aromatic rings. The molecule has 7 nitrogen and oxygen atoms in total. The quantitative estimate of drug-likeness (QED) is 0.845. The monoisotopic (exact) mass is 327 g/mol. The van der Waals surface area contributed by atoms with Gasteiger partial charge in [0.25, 0.3) is 5.91 Å². The number of nitrogens with zero attached hydrogens (tertiary/aromatic N) is 2. The van der Waals surface area contributed by atoms with Gasteiger partial charge < -0.3 is 14.7 Å². The lowest BCUT2D eigenvalue weighted by atomic mass is 10.1. The Morgan fingerprint density at radius 3 is 3.00 bits per heavy atom. The summed E-state index contributed by atoms with van der Waals surface area (Å²) in [7, 11) is -3.09. The number of fused-ring (bicyclic) bond motifs is 1.